The van der Waals surface area contributed by atoms with Crippen LogP contribution in [-0.2, 0) is 6.54 Å². The Balaban J connectivity index is 1.95. The second-order valence-corrected chi connectivity index (χ2v) is 4.56. The molecular formula is C15H20N4. The van der Waals surface area contributed by atoms with Gasteiger partial charge in [0.1, 0.15) is 5.82 Å². The van der Waals surface area contributed by atoms with Crippen molar-refractivity contribution in [3.8, 4) is 0 Å². The van der Waals surface area contributed by atoms with Gasteiger partial charge in [0.2, 0.25) is 5.95 Å². The highest BCUT2D eigenvalue weighted by molar-refractivity contribution is 5.40. The van der Waals surface area contributed by atoms with Crippen molar-refractivity contribution in [2.45, 2.75) is 32.9 Å². The van der Waals surface area contributed by atoms with Gasteiger partial charge in [-0.3, -0.25) is 0 Å². The highest BCUT2D eigenvalue weighted by Gasteiger charge is 2.02. The molecule has 2 N–H and O–H groups in total. The van der Waals surface area contributed by atoms with E-state index in [0.717, 1.165) is 18.8 Å². The SMILES string of the molecule is CCC(C)Nc1ccnc(NCc2ccccc2)n1. The first kappa shape index (κ1) is 13.3. The summed E-state index contributed by atoms with van der Waals surface area (Å²) in [4.78, 5) is 8.67. The largest absolute Gasteiger partial charge is 0.367 e. The summed E-state index contributed by atoms with van der Waals surface area (Å²) in [6, 6.07) is 12.5. The normalized spacial score (nSPS) is 11.9. The summed E-state index contributed by atoms with van der Waals surface area (Å²) in [6.45, 7) is 5.01. The molecule has 4 heteroatoms. The zero-order valence-corrected chi connectivity index (χ0v) is 11.4. The predicted molar refractivity (Wildman–Crippen MR) is 79.2 cm³/mol. The number of anilines is 2. The molecule has 0 aliphatic rings. The molecule has 0 spiro atoms. The number of hydrogen-bond acceptors (Lipinski definition) is 4. The van der Waals surface area contributed by atoms with E-state index in [1.54, 1.807) is 6.20 Å². The van der Waals surface area contributed by atoms with Gasteiger partial charge >= 0.3 is 0 Å². The van der Waals surface area contributed by atoms with Gasteiger partial charge in [-0.15, -0.1) is 0 Å². The Bertz CT molecular complexity index is 499. The first-order valence-corrected chi connectivity index (χ1v) is 6.65. The monoisotopic (exact) mass is 256 g/mol. The third-order valence-electron chi connectivity index (χ3n) is 2.96. The van der Waals surface area contributed by atoms with E-state index in [2.05, 4.69) is 46.6 Å². The van der Waals surface area contributed by atoms with E-state index < -0.39 is 0 Å². The lowest BCUT2D eigenvalue weighted by atomic mass is 10.2. The Kier molecular flexibility index (Phi) is 4.72. The van der Waals surface area contributed by atoms with Gasteiger partial charge in [-0.25, -0.2) is 4.98 Å². The molecule has 1 heterocycles. The summed E-state index contributed by atoms with van der Waals surface area (Å²) >= 11 is 0. The van der Waals surface area contributed by atoms with Crippen molar-refractivity contribution in [2.24, 2.45) is 0 Å². The van der Waals surface area contributed by atoms with Gasteiger partial charge in [0.05, 0.1) is 0 Å². The summed E-state index contributed by atoms with van der Waals surface area (Å²) in [7, 11) is 0. The minimum absolute atomic E-state index is 0.414. The van der Waals surface area contributed by atoms with E-state index in [4.69, 9.17) is 0 Å². The van der Waals surface area contributed by atoms with Crippen molar-refractivity contribution in [1.82, 2.24) is 9.97 Å². The van der Waals surface area contributed by atoms with Crippen LogP contribution in [0.3, 0.4) is 0 Å². The van der Waals surface area contributed by atoms with Crippen molar-refractivity contribution in [3.63, 3.8) is 0 Å². The number of rotatable bonds is 6. The lowest BCUT2D eigenvalue weighted by molar-refractivity contribution is 0.758. The predicted octanol–water partition coefficient (Wildman–Crippen LogP) is 3.30. The molecular weight excluding hydrogens is 236 g/mol. The van der Waals surface area contributed by atoms with Gasteiger partial charge in [-0.2, -0.15) is 4.98 Å². The molecule has 0 saturated carbocycles. The van der Waals surface area contributed by atoms with Crippen LogP contribution >= 0.6 is 0 Å². The molecule has 0 fully saturated rings. The summed E-state index contributed by atoms with van der Waals surface area (Å²) < 4.78 is 0. The maximum absolute atomic E-state index is 4.44. The molecule has 100 valence electrons. The number of nitrogens with zero attached hydrogens (tertiary/aromatic N) is 2. The van der Waals surface area contributed by atoms with E-state index in [-0.39, 0.29) is 0 Å². The molecule has 1 aromatic heterocycles. The highest BCUT2D eigenvalue weighted by Crippen LogP contribution is 2.09. The second kappa shape index (κ2) is 6.73. The van der Waals surface area contributed by atoms with E-state index in [1.165, 1.54) is 5.56 Å². The molecule has 19 heavy (non-hydrogen) atoms. The minimum atomic E-state index is 0.414. The Hall–Kier alpha value is -2.10. The summed E-state index contributed by atoms with van der Waals surface area (Å²) in [6.07, 6.45) is 2.84. The molecule has 0 aliphatic carbocycles. The fourth-order valence-corrected chi connectivity index (χ4v) is 1.66. The van der Waals surface area contributed by atoms with E-state index in [0.29, 0.717) is 12.0 Å². The maximum atomic E-state index is 4.44. The zero-order chi connectivity index (χ0) is 13.5. The Morgan fingerprint density at radius 3 is 2.68 bits per heavy atom. The molecule has 2 rings (SSSR count). The maximum Gasteiger partial charge on any atom is 0.224 e. The highest BCUT2D eigenvalue weighted by atomic mass is 15.1. The van der Waals surface area contributed by atoms with Crippen LogP contribution in [0.4, 0.5) is 11.8 Å². The van der Waals surface area contributed by atoms with Crippen molar-refractivity contribution in [2.75, 3.05) is 10.6 Å². The quantitative estimate of drug-likeness (QED) is 0.832. The van der Waals surface area contributed by atoms with Crippen molar-refractivity contribution in [3.05, 3.63) is 48.2 Å². The van der Waals surface area contributed by atoms with Crippen LogP contribution < -0.4 is 10.6 Å². The Labute approximate surface area is 114 Å². The van der Waals surface area contributed by atoms with Crippen LogP contribution in [0.1, 0.15) is 25.8 Å². The first-order chi connectivity index (χ1) is 9.28. The van der Waals surface area contributed by atoms with E-state index >= 15 is 0 Å². The molecule has 1 aromatic carbocycles. The van der Waals surface area contributed by atoms with Gasteiger partial charge in [0, 0.05) is 18.8 Å². The van der Waals surface area contributed by atoms with Crippen molar-refractivity contribution < 1.29 is 0 Å². The molecule has 0 bridgehead atoms. The van der Waals surface area contributed by atoms with Crippen LogP contribution in [0.2, 0.25) is 0 Å². The van der Waals surface area contributed by atoms with Gasteiger partial charge in [-0.05, 0) is 25.0 Å². The van der Waals surface area contributed by atoms with E-state index in [1.807, 2.05) is 24.3 Å². The standard InChI is InChI=1S/C15H20N4/c1-3-12(2)18-14-9-10-16-15(19-14)17-11-13-7-5-4-6-8-13/h4-10,12H,3,11H2,1-2H3,(H2,16,17,18,19). The minimum Gasteiger partial charge on any atom is -0.367 e. The van der Waals surface area contributed by atoms with Gasteiger partial charge in [0.25, 0.3) is 0 Å². The van der Waals surface area contributed by atoms with Gasteiger partial charge in [-0.1, -0.05) is 37.3 Å². The molecule has 0 amide bonds. The fourth-order valence-electron chi connectivity index (χ4n) is 1.66. The van der Waals surface area contributed by atoms with Crippen molar-refractivity contribution >= 4 is 11.8 Å². The third-order valence-corrected chi connectivity index (χ3v) is 2.96. The van der Waals surface area contributed by atoms with Gasteiger partial charge < -0.3 is 10.6 Å². The summed E-state index contributed by atoms with van der Waals surface area (Å²) in [5, 5.41) is 6.57. The topological polar surface area (TPSA) is 49.8 Å². The van der Waals surface area contributed by atoms with Crippen LogP contribution in [0.25, 0.3) is 0 Å². The second-order valence-electron chi connectivity index (χ2n) is 4.56. The van der Waals surface area contributed by atoms with Crippen LogP contribution in [0, 0.1) is 0 Å². The number of aromatic nitrogens is 2. The molecule has 1 atom stereocenters. The lowest BCUT2D eigenvalue weighted by Crippen LogP contribution is -2.15. The Morgan fingerprint density at radius 2 is 1.95 bits per heavy atom. The van der Waals surface area contributed by atoms with Crippen LogP contribution in [-0.4, -0.2) is 16.0 Å². The zero-order valence-electron chi connectivity index (χ0n) is 11.4. The summed E-state index contributed by atoms with van der Waals surface area (Å²) in [5.41, 5.74) is 1.21. The molecule has 1 unspecified atom stereocenters. The molecule has 2 aromatic rings. The van der Waals surface area contributed by atoms with Crippen molar-refractivity contribution in [1.29, 1.82) is 0 Å². The number of hydrogen-bond donors (Lipinski definition) is 2. The molecule has 4 nitrogen and oxygen atoms in total. The van der Waals surface area contributed by atoms with Crippen LogP contribution in [0.5, 0.6) is 0 Å². The smallest absolute Gasteiger partial charge is 0.224 e. The fraction of sp³-hybridized carbons (Fsp3) is 0.333. The third kappa shape index (κ3) is 4.25. The van der Waals surface area contributed by atoms with Gasteiger partial charge in [0.15, 0.2) is 0 Å². The molecule has 0 aliphatic heterocycles. The van der Waals surface area contributed by atoms with Crippen LogP contribution in [0.15, 0.2) is 42.6 Å². The average Bonchev–Trinajstić information content (AvgIpc) is 2.46. The number of benzene rings is 1. The molecule has 0 saturated heterocycles. The molecule has 0 radical (unpaired) electrons. The average molecular weight is 256 g/mol. The summed E-state index contributed by atoms with van der Waals surface area (Å²) in [5.74, 6) is 1.51. The number of nitrogens with one attached hydrogen (secondary N) is 2. The Morgan fingerprint density at radius 1 is 1.16 bits per heavy atom. The lowest BCUT2D eigenvalue weighted by Gasteiger charge is -2.12. The van der Waals surface area contributed by atoms with E-state index in [9.17, 15) is 0 Å². The first-order valence-electron chi connectivity index (χ1n) is 6.65.